The monoisotopic (exact) mass is 418 g/mol. The smallest absolute Gasteiger partial charge is 0.261 e. The Bertz CT molecular complexity index is 793. The van der Waals surface area contributed by atoms with E-state index >= 15 is 0 Å². The van der Waals surface area contributed by atoms with Crippen LogP contribution in [0.1, 0.15) is 25.8 Å². The molecule has 2 rings (SSSR count). The largest absolute Gasteiger partial charge is 0.497 e. The summed E-state index contributed by atoms with van der Waals surface area (Å²) in [4.78, 5) is 26.9. The van der Waals surface area contributed by atoms with Crippen molar-refractivity contribution in [2.75, 3.05) is 20.3 Å². The highest BCUT2D eigenvalue weighted by Gasteiger charge is 2.26. The van der Waals surface area contributed by atoms with Crippen LogP contribution >= 0.6 is 11.6 Å². The molecule has 0 aliphatic heterocycles. The van der Waals surface area contributed by atoms with Crippen molar-refractivity contribution >= 4 is 23.4 Å². The van der Waals surface area contributed by atoms with Gasteiger partial charge in [-0.05, 0) is 55.3 Å². The quantitative estimate of drug-likeness (QED) is 0.639. The summed E-state index contributed by atoms with van der Waals surface area (Å²) in [6, 6.07) is 13.5. The molecular formula is C22H27ClN2O4. The molecule has 2 aromatic carbocycles. The Kier molecular flexibility index (Phi) is 8.80. The first-order valence-electron chi connectivity index (χ1n) is 9.53. The Morgan fingerprint density at radius 1 is 1.07 bits per heavy atom. The molecule has 1 atom stereocenters. The van der Waals surface area contributed by atoms with Gasteiger partial charge in [-0.3, -0.25) is 9.59 Å². The molecular weight excluding hydrogens is 392 g/mol. The van der Waals surface area contributed by atoms with Gasteiger partial charge in [-0.2, -0.15) is 0 Å². The maximum Gasteiger partial charge on any atom is 0.261 e. The Morgan fingerprint density at radius 3 is 2.28 bits per heavy atom. The lowest BCUT2D eigenvalue weighted by atomic mass is 10.1. The van der Waals surface area contributed by atoms with E-state index in [1.807, 2.05) is 31.2 Å². The Morgan fingerprint density at radius 2 is 1.69 bits per heavy atom. The lowest BCUT2D eigenvalue weighted by Crippen LogP contribution is -2.49. The fraction of sp³-hybridized carbons (Fsp3) is 0.364. The number of ether oxygens (including phenoxy) is 2. The van der Waals surface area contributed by atoms with Crippen LogP contribution < -0.4 is 14.8 Å². The van der Waals surface area contributed by atoms with Gasteiger partial charge in [-0.25, -0.2) is 0 Å². The molecule has 7 heteroatoms. The maximum absolute atomic E-state index is 12.9. The third-order valence-electron chi connectivity index (χ3n) is 4.40. The molecule has 2 amide bonds. The summed E-state index contributed by atoms with van der Waals surface area (Å²) in [5.74, 6) is 0.789. The van der Waals surface area contributed by atoms with Gasteiger partial charge in [0.15, 0.2) is 6.61 Å². The van der Waals surface area contributed by atoms with Crippen molar-refractivity contribution in [1.82, 2.24) is 10.2 Å². The lowest BCUT2D eigenvalue weighted by molar-refractivity contribution is -0.142. The van der Waals surface area contributed by atoms with E-state index in [4.69, 9.17) is 21.1 Å². The zero-order valence-corrected chi connectivity index (χ0v) is 17.7. The van der Waals surface area contributed by atoms with Crippen LogP contribution in [0.15, 0.2) is 48.5 Å². The predicted octanol–water partition coefficient (Wildman–Crippen LogP) is 3.67. The average molecular weight is 419 g/mol. The van der Waals surface area contributed by atoms with Crippen molar-refractivity contribution in [1.29, 1.82) is 0 Å². The first kappa shape index (κ1) is 22.6. The molecule has 29 heavy (non-hydrogen) atoms. The van der Waals surface area contributed by atoms with E-state index in [-0.39, 0.29) is 25.0 Å². The van der Waals surface area contributed by atoms with E-state index in [1.165, 1.54) is 4.90 Å². The predicted molar refractivity (Wildman–Crippen MR) is 113 cm³/mol. The summed E-state index contributed by atoms with van der Waals surface area (Å²) >= 11 is 5.87. The van der Waals surface area contributed by atoms with Crippen LogP contribution in [-0.2, 0) is 16.1 Å². The molecule has 0 aliphatic carbocycles. The number of hydrogen-bond acceptors (Lipinski definition) is 4. The second-order valence-corrected chi connectivity index (χ2v) is 7.02. The molecule has 1 N–H and O–H groups in total. The highest BCUT2D eigenvalue weighted by atomic mass is 35.5. The van der Waals surface area contributed by atoms with Gasteiger partial charge in [0.05, 0.1) is 7.11 Å². The van der Waals surface area contributed by atoms with Crippen LogP contribution in [0.5, 0.6) is 11.5 Å². The van der Waals surface area contributed by atoms with Gasteiger partial charge in [-0.15, -0.1) is 0 Å². The fourth-order valence-electron chi connectivity index (χ4n) is 2.66. The van der Waals surface area contributed by atoms with Crippen molar-refractivity contribution in [3.8, 4) is 11.5 Å². The molecule has 1 unspecified atom stereocenters. The van der Waals surface area contributed by atoms with E-state index < -0.39 is 6.04 Å². The standard InChI is InChI=1S/C22H27ClN2O4/c1-4-13-24-22(27)16(2)25(14-17-5-9-19(28-3)10-6-17)21(26)15-29-20-11-7-18(23)8-12-20/h5-12,16H,4,13-15H2,1-3H3,(H,24,27). The molecule has 0 saturated carbocycles. The number of halogens is 1. The van der Waals surface area contributed by atoms with Gasteiger partial charge in [0.1, 0.15) is 17.5 Å². The van der Waals surface area contributed by atoms with E-state index in [1.54, 1.807) is 38.3 Å². The first-order valence-corrected chi connectivity index (χ1v) is 9.90. The molecule has 156 valence electrons. The highest BCUT2D eigenvalue weighted by molar-refractivity contribution is 6.30. The third-order valence-corrected chi connectivity index (χ3v) is 4.66. The Balaban J connectivity index is 2.11. The molecule has 6 nitrogen and oxygen atoms in total. The zero-order valence-electron chi connectivity index (χ0n) is 17.0. The minimum Gasteiger partial charge on any atom is -0.497 e. The van der Waals surface area contributed by atoms with Crippen LogP contribution in [0, 0.1) is 0 Å². The van der Waals surface area contributed by atoms with E-state index in [9.17, 15) is 9.59 Å². The number of nitrogens with one attached hydrogen (secondary N) is 1. The Hall–Kier alpha value is -2.73. The average Bonchev–Trinajstić information content (AvgIpc) is 2.75. The SMILES string of the molecule is CCCNC(=O)C(C)N(Cc1ccc(OC)cc1)C(=O)COc1ccc(Cl)cc1. The van der Waals surface area contributed by atoms with Gasteiger partial charge in [-0.1, -0.05) is 30.7 Å². The summed E-state index contributed by atoms with van der Waals surface area (Å²) in [6.07, 6.45) is 0.824. The van der Waals surface area contributed by atoms with Crippen molar-refractivity contribution in [3.63, 3.8) is 0 Å². The molecule has 0 radical (unpaired) electrons. The summed E-state index contributed by atoms with van der Waals surface area (Å²) in [5, 5.41) is 3.43. The van der Waals surface area contributed by atoms with Gasteiger partial charge >= 0.3 is 0 Å². The summed E-state index contributed by atoms with van der Waals surface area (Å²) < 4.78 is 10.8. The fourth-order valence-corrected chi connectivity index (χ4v) is 2.79. The number of amides is 2. The van der Waals surface area contributed by atoms with E-state index in [0.717, 1.165) is 17.7 Å². The number of carbonyl (C=O) groups is 2. The number of benzene rings is 2. The van der Waals surface area contributed by atoms with Crippen LogP contribution in [-0.4, -0.2) is 43.0 Å². The normalized spacial score (nSPS) is 11.4. The zero-order chi connectivity index (χ0) is 21.2. The number of hydrogen-bond donors (Lipinski definition) is 1. The Labute approximate surface area is 176 Å². The van der Waals surface area contributed by atoms with E-state index in [2.05, 4.69) is 5.32 Å². The number of carbonyl (C=O) groups excluding carboxylic acids is 2. The number of rotatable bonds is 10. The van der Waals surface area contributed by atoms with E-state index in [0.29, 0.717) is 17.3 Å². The van der Waals surface area contributed by atoms with Crippen molar-refractivity contribution in [2.24, 2.45) is 0 Å². The third kappa shape index (κ3) is 6.98. The lowest BCUT2D eigenvalue weighted by Gasteiger charge is -2.28. The van der Waals surface area contributed by atoms with Crippen molar-refractivity contribution in [3.05, 3.63) is 59.1 Å². The van der Waals surface area contributed by atoms with Gasteiger partial charge in [0, 0.05) is 18.1 Å². The summed E-state index contributed by atoms with van der Waals surface area (Å²) in [6.45, 7) is 4.37. The molecule has 0 aliphatic rings. The van der Waals surface area contributed by atoms with Gasteiger partial charge in [0.25, 0.3) is 5.91 Å². The second kappa shape index (κ2) is 11.3. The molecule has 0 heterocycles. The minimum absolute atomic E-state index is 0.177. The van der Waals surface area contributed by atoms with Crippen LogP contribution in [0.2, 0.25) is 5.02 Å². The molecule has 0 saturated heterocycles. The van der Waals surface area contributed by atoms with Crippen LogP contribution in [0.3, 0.4) is 0 Å². The van der Waals surface area contributed by atoms with Crippen molar-refractivity contribution < 1.29 is 19.1 Å². The highest BCUT2D eigenvalue weighted by Crippen LogP contribution is 2.17. The first-order chi connectivity index (χ1) is 13.9. The second-order valence-electron chi connectivity index (χ2n) is 6.58. The van der Waals surface area contributed by atoms with Crippen LogP contribution in [0.25, 0.3) is 0 Å². The molecule has 0 bridgehead atoms. The minimum atomic E-state index is -0.634. The number of methoxy groups -OCH3 is 1. The number of nitrogens with zero attached hydrogens (tertiary/aromatic N) is 1. The molecule has 0 spiro atoms. The molecule has 0 fully saturated rings. The molecule has 2 aromatic rings. The van der Waals surface area contributed by atoms with Crippen LogP contribution in [0.4, 0.5) is 0 Å². The maximum atomic E-state index is 12.9. The summed E-state index contributed by atoms with van der Waals surface area (Å²) in [7, 11) is 1.60. The topological polar surface area (TPSA) is 67.9 Å². The van der Waals surface area contributed by atoms with Crippen molar-refractivity contribution in [2.45, 2.75) is 32.9 Å². The molecule has 0 aromatic heterocycles. The summed E-state index contributed by atoms with van der Waals surface area (Å²) in [5.41, 5.74) is 0.890. The van der Waals surface area contributed by atoms with Gasteiger partial charge < -0.3 is 19.7 Å². The van der Waals surface area contributed by atoms with Gasteiger partial charge in [0.2, 0.25) is 5.91 Å².